The molecule has 7 rings (SSSR count). The Morgan fingerprint density at radius 2 is 1.34 bits per heavy atom. The van der Waals surface area contributed by atoms with E-state index in [4.69, 9.17) is 27.5 Å². The molecule has 2 aromatic heterocycles. The zero-order chi connectivity index (χ0) is 40.3. The maximum atomic E-state index is 15.0. The highest BCUT2D eigenvalue weighted by atomic mass is 28.4. The Labute approximate surface area is 329 Å². The van der Waals surface area contributed by atoms with Crippen LogP contribution in [0, 0.1) is 0 Å². The first-order valence-electron chi connectivity index (χ1n) is 18.7. The lowest BCUT2D eigenvalue weighted by Crippen LogP contribution is -2.45. The van der Waals surface area contributed by atoms with E-state index in [-0.39, 0.29) is 38.3 Å². The van der Waals surface area contributed by atoms with Crippen molar-refractivity contribution in [1.82, 2.24) is 9.55 Å². The van der Waals surface area contributed by atoms with Gasteiger partial charge in [-0.25, -0.2) is 14.3 Å². The summed E-state index contributed by atoms with van der Waals surface area (Å²) in [5.41, 5.74) is 1.84. The summed E-state index contributed by atoms with van der Waals surface area (Å²) in [6.45, 7) is 21.0. The number of aromatic nitrogens is 2. The molecule has 0 radical (unpaired) electrons. The van der Waals surface area contributed by atoms with Crippen molar-refractivity contribution < 1.29 is 32.3 Å². The van der Waals surface area contributed by atoms with Crippen LogP contribution in [0.5, 0.6) is 28.7 Å². The molecule has 0 atom stereocenters. The third-order valence-corrected chi connectivity index (χ3v) is 19.9. The van der Waals surface area contributed by atoms with E-state index in [0.717, 1.165) is 11.1 Å². The first-order chi connectivity index (χ1) is 26.3. The molecule has 0 saturated carbocycles. The van der Waals surface area contributed by atoms with Crippen molar-refractivity contribution in [3.05, 3.63) is 131 Å². The third-order valence-electron chi connectivity index (χ3n) is 11.2. The van der Waals surface area contributed by atoms with Gasteiger partial charge in [-0.3, -0.25) is 4.79 Å². The summed E-state index contributed by atoms with van der Waals surface area (Å²) in [6, 6.07) is 28.2. The molecule has 56 heavy (non-hydrogen) atoms. The Kier molecular flexibility index (Phi) is 9.57. The number of carbonyl (C=O) groups is 1. The molecule has 1 aliphatic heterocycles. The number of imidazole rings is 1. The van der Waals surface area contributed by atoms with Crippen molar-refractivity contribution in [3.8, 4) is 40.1 Å². The van der Waals surface area contributed by atoms with E-state index in [1.165, 1.54) is 23.3 Å². The van der Waals surface area contributed by atoms with Crippen LogP contribution >= 0.6 is 0 Å². The average molecular weight is 789 g/mol. The quantitative estimate of drug-likeness (QED) is 0.139. The van der Waals surface area contributed by atoms with Gasteiger partial charge in [-0.05, 0) is 54.5 Å². The number of ether oxygens (including phenoxy) is 3. The van der Waals surface area contributed by atoms with Gasteiger partial charge in [0.2, 0.25) is 13.7 Å². The molecule has 0 spiro atoms. The van der Waals surface area contributed by atoms with Crippen molar-refractivity contribution in [3.63, 3.8) is 0 Å². The molecule has 0 fully saturated rings. The largest absolute Gasteiger partial charge is 0.543 e. The first kappa shape index (κ1) is 38.7. The maximum absolute atomic E-state index is 15.0. The fourth-order valence-corrected chi connectivity index (χ4v) is 7.91. The minimum atomic E-state index is -2.67. The van der Waals surface area contributed by atoms with Gasteiger partial charge in [0, 0.05) is 41.2 Å². The van der Waals surface area contributed by atoms with E-state index >= 15 is 4.79 Å². The summed E-state index contributed by atoms with van der Waals surface area (Å²) < 4.78 is 40.9. The number of benzene rings is 4. The van der Waals surface area contributed by atoms with Crippen LogP contribution in [0.3, 0.4) is 0 Å². The molecular weight excluding hydrogens is 741 g/mol. The molecule has 0 saturated heterocycles. The minimum Gasteiger partial charge on any atom is -0.543 e. The van der Waals surface area contributed by atoms with E-state index in [0.29, 0.717) is 22.8 Å². The summed E-state index contributed by atoms with van der Waals surface area (Å²) in [6.07, 6.45) is 3.52. The fraction of sp³-hybridized carbons (Fsp3) is 0.295. The van der Waals surface area contributed by atoms with Crippen LogP contribution in [-0.4, -0.2) is 32.3 Å². The van der Waals surface area contributed by atoms with Crippen molar-refractivity contribution in [2.45, 2.75) is 83.6 Å². The summed E-state index contributed by atoms with van der Waals surface area (Å²) >= 11 is 0. The van der Waals surface area contributed by atoms with Gasteiger partial charge in [0.25, 0.3) is 8.32 Å². The normalized spacial score (nSPS) is 14.1. The molecule has 0 amide bonds. The second-order valence-corrected chi connectivity index (χ2v) is 26.6. The smallest absolute Gasteiger partial charge is 0.424 e. The molecule has 1 aliphatic rings. The van der Waals surface area contributed by atoms with Gasteiger partial charge in [-0.15, -0.1) is 0 Å². The lowest BCUT2D eigenvalue weighted by Gasteiger charge is -2.37. The lowest BCUT2D eigenvalue weighted by molar-refractivity contribution is -0.0459. The van der Waals surface area contributed by atoms with Gasteiger partial charge in [0.1, 0.15) is 23.0 Å². The predicted molar refractivity (Wildman–Crippen MR) is 222 cm³/mol. The molecular formula is C44H48N2O8Si2. The van der Waals surface area contributed by atoms with E-state index in [2.05, 4.69) is 72.7 Å². The van der Waals surface area contributed by atoms with Gasteiger partial charge in [0.15, 0.2) is 28.8 Å². The second kappa shape index (κ2) is 13.9. The van der Waals surface area contributed by atoms with Crippen LogP contribution in [0.2, 0.25) is 36.3 Å². The molecule has 0 aliphatic carbocycles. The number of fused-ring (bicyclic) bond motifs is 2. The predicted octanol–water partition coefficient (Wildman–Crippen LogP) is 11.1. The highest BCUT2D eigenvalue weighted by Gasteiger charge is 2.46. The number of carbonyl (C=O) groups excluding carboxylic acids is 1. The number of hydrogen-bond acceptors (Lipinski definition) is 9. The van der Waals surface area contributed by atoms with E-state index in [9.17, 15) is 4.79 Å². The fourth-order valence-electron chi connectivity index (χ4n) is 5.90. The highest BCUT2D eigenvalue weighted by molar-refractivity contribution is 6.75. The van der Waals surface area contributed by atoms with Crippen molar-refractivity contribution in [2.24, 2.45) is 0 Å². The Bertz CT molecular complexity index is 2430. The second-order valence-electron chi connectivity index (χ2n) is 17.2. The Morgan fingerprint density at radius 1 is 0.750 bits per heavy atom. The van der Waals surface area contributed by atoms with Crippen LogP contribution in [-0.2, 0) is 5.79 Å². The number of hydrogen-bond donors (Lipinski definition) is 0. The monoisotopic (exact) mass is 788 g/mol. The molecule has 12 heteroatoms. The van der Waals surface area contributed by atoms with Gasteiger partial charge in [-0.1, -0.05) is 102 Å². The van der Waals surface area contributed by atoms with E-state index in [1.54, 1.807) is 12.1 Å². The van der Waals surface area contributed by atoms with Gasteiger partial charge in [0.05, 0.1) is 0 Å². The molecule has 3 heterocycles. The van der Waals surface area contributed by atoms with Gasteiger partial charge < -0.3 is 27.5 Å². The van der Waals surface area contributed by atoms with Crippen LogP contribution in [0.25, 0.3) is 22.3 Å². The SMILES string of the molecule is CC(C)(C)[Si](C)(C)Oc1cc(OC(=O)n2ccnc2)c2c(=O)c(O[Si](C)(C)C(C)(C)C)c(-c3ccc4c(c3)OC(c3ccccc3)(c3ccccc3)O4)oc2c1. The number of rotatable bonds is 8. The molecule has 290 valence electrons. The zero-order valence-electron chi connectivity index (χ0n) is 33.6. The van der Waals surface area contributed by atoms with Crippen LogP contribution in [0.1, 0.15) is 52.7 Å². The Balaban J connectivity index is 1.44. The van der Waals surface area contributed by atoms with E-state index < -0.39 is 33.9 Å². The van der Waals surface area contributed by atoms with E-state index in [1.807, 2.05) is 78.9 Å². The van der Waals surface area contributed by atoms with Gasteiger partial charge >= 0.3 is 11.9 Å². The minimum absolute atomic E-state index is 0.0123. The molecule has 10 nitrogen and oxygen atoms in total. The standard InChI is InChI=1S/C44H48N2O8Si2/c1-42(2,3)55(7,8)53-32-26-35-37(36(27-32)50-41(48)46-24-23-45-28-46)38(47)40(54-56(9,10)43(4,5)6)39(49-35)29-21-22-33-34(25-29)52-44(51-33,30-17-13-11-14-18-30)31-19-15-12-16-20-31/h11-28H,1-10H3. The Hall–Kier alpha value is -5.60. The summed E-state index contributed by atoms with van der Waals surface area (Å²) in [5, 5.41) is -0.376. The van der Waals surface area contributed by atoms with Gasteiger partial charge in [-0.2, -0.15) is 0 Å². The molecule has 0 unspecified atom stereocenters. The van der Waals surface area contributed by atoms with Crippen LogP contribution in [0.15, 0.2) is 119 Å². The van der Waals surface area contributed by atoms with Crippen LogP contribution < -0.4 is 28.5 Å². The molecule has 6 aromatic rings. The zero-order valence-corrected chi connectivity index (χ0v) is 35.6. The Morgan fingerprint density at radius 3 is 1.91 bits per heavy atom. The lowest BCUT2D eigenvalue weighted by atomic mass is 9.97. The first-order valence-corrected chi connectivity index (χ1v) is 24.5. The van der Waals surface area contributed by atoms with Crippen LogP contribution in [0.4, 0.5) is 4.79 Å². The van der Waals surface area contributed by atoms with Crippen molar-refractivity contribution in [2.75, 3.05) is 0 Å². The molecule has 0 N–H and O–H groups in total. The van der Waals surface area contributed by atoms with Crippen molar-refractivity contribution in [1.29, 1.82) is 0 Å². The highest BCUT2D eigenvalue weighted by Crippen LogP contribution is 2.50. The maximum Gasteiger partial charge on any atom is 0.424 e. The molecule has 0 bridgehead atoms. The number of nitrogens with zero attached hydrogens (tertiary/aromatic N) is 2. The topological polar surface area (TPSA) is 111 Å². The van der Waals surface area contributed by atoms with Crippen molar-refractivity contribution >= 4 is 33.7 Å². The average Bonchev–Trinajstić information content (AvgIpc) is 3.82. The summed E-state index contributed by atoms with van der Waals surface area (Å²) in [4.78, 5) is 32.4. The summed E-state index contributed by atoms with van der Waals surface area (Å²) in [7, 11) is -5.08. The molecule has 4 aromatic carbocycles. The third kappa shape index (κ3) is 7.03. The summed E-state index contributed by atoms with van der Waals surface area (Å²) in [5.74, 6) is 0.335.